The summed E-state index contributed by atoms with van der Waals surface area (Å²) < 4.78 is 37.3. The standard InChI is InChI=1S/C20H15FN4O2S/c21-18-9-6-14(17-12-24-25-20(17)19-3-1-2-10-23-19)11-16(18)13-4-7-15(8-5-13)28(22,26)27/h1-12H,(H,24,25)(H2,22,26,27). The Morgan fingerprint density at radius 1 is 0.929 bits per heavy atom. The van der Waals surface area contributed by atoms with Crippen molar-refractivity contribution in [1.29, 1.82) is 0 Å². The van der Waals surface area contributed by atoms with Crippen LogP contribution in [0.5, 0.6) is 0 Å². The molecule has 0 atom stereocenters. The highest BCUT2D eigenvalue weighted by Crippen LogP contribution is 2.33. The molecule has 8 heteroatoms. The number of halogens is 1. The molecule has 4 rings (SSSR count). The fraction of sp³-hybridized carbons (Fsp3) is 0. The number of benzene rings is 2. The van der Waals surface area contributed by atoms with Gasteiger partial charge in [-0.1, -0.05) is 24.3 Å². The average Bonchev–Trinajstić information content (AvgIpc) is 3.18. The van der Waals surface area contributed by atoms with Crippen molar-refractivity contribution in [2.24, 2.45) is 5.14 Å². The molecule has 2 aromatic carbocycles. The molecular weight excluding hydrogens is 379 g/mol. The van der Waals surface area contributed by atoms with Gasteiger partial charge in [0.1, 0.15) is 11.5 Å². The number of H-pyrrole nitrogens is 1. The van der Waals surface area contributed by atoms with Crippen LogP contribution in [0, 0.1) is 5.82 Å². The Hall–Kier alpha value is -3.36. The Morgan fingerprint density at radius 2 is 1.68 bits per heavy atom. The molecular formula is C20H15FN4O2S. The van der Waals surface area contributed by atoms with Gasteiger partial charge in [-0.2, -0.15) is 5.10 Å². The van der Waals surface area contributed by atoms with E-state index >= 15 is 0 Å². The van der Waals surface area contributed by atoms with Crippen molar-refractivity contribution >= 4 is 10.0 Å². The molecule has 0 aliphatic carbocycles. The number of hydrogen-bond acceptors (Lipinski definition) is 4. The van der Waals surface area contributed by atoms with Crippen LogP contribution in [0.4, 0.5) is 4.39 Å². The van der Waals surface area contributed by atoms with Crippen LogP contribution in [-0.4, -0.2) is 23.6 Å². The highest BCUT2D eigenvalue weighted by molar-refractivity contribution is 7.89. The minimum atomic E-state index is -3.80. The van der Waals surface area contributed by atoms with Gasteiger partial charge >= 0.3 is 0 Å². The Kier molecular flexibility index (Phi) is 4.50. The molecule has 0 unspecified atom stereocenters. The summed E-state index contributed by atoms with van der Waals surface area (Å²) in [7, 11) is -3.80. The first-order chi connectivity index (χ1) is 13.4. The van der Waals surface area contributed by atoms with E-state index in [-0.39, 0.29) is 4.90 Å². The van der Waals surface area contributed by atoms with Gasteiger partial charge in [-0.05, 0) is 47.5 Å². The van der Waals surface area contributed by atoms with Crippen molar-refractivity contribution in [3.05, 3.63) is 78.9 Å². The molecule has 3 N–H and O–H groups in total. The number of nitrogens with two attached hydrogens (primary N) is 1. The summed E-state index contributed by atoms with van der Waals surface area (Å²) in [5, 5.41) is 12.2. The summed E-state index contributed by atoms with van der Waals surface area (Å²) in [5.41, 5.74) is 3.76. The number of rotatable bonds is 4. The predicted octanol–water partition coefficient (Wildman–Crippen LogP) is 3.59. The van der Waals surface area contributed by atoms with Gasteiger partial charge in [0, 0.05) is 23.5 Å². The highest BCUT2D eigenvalue weighted by Gasteiger charge is 2.15. The topological polar surface area (TPSA) is 102 Å². The summed E-state index contributed by atoms with van der Waals surface area (Å²) in [4.78, 5) is 4.29. The Labute approximate surface area is 160 Å². The van der Waals surface area contributed by atoms with Crippen molar-refractivity contribution in [2.45, 2.75) is 4.90 Å². The van der Waals surface area contributed by atoms with E-state index in [4.69, 9.17) is 5.14 Å². The maximum Gasteiger partial charge on any atom is 0.238 e. The van der Waals surface area contributed by atoms with E-state index < -0.39 is 15.8 Å². The third-order valence-electron chi connectivity index (χ3n) is 4.32. The van der Waals surface area contributed by atoms with E-state index in [9.17, 15) is 12.8 Å². The Bertz CT molecular complexity index is 1240. The summed E-state index contributed by atoms with van der Waals surface area (Å²) in [6.07, 6.45) is 3.40. The number of nitrogens with zero attached hydrogens (tertiary/aromatic N) is 2. The Morgan fingerprint density at radius 3 is 2.36 bits per heavy atom. The van der Waals surface area contributed by atoms with Crippen LogP contribution in [0.15, 0.2) is 78.0 Å². The smallest absolute Gasteiger partial charge is 0.238 e. The van der Waals surface area contributed by atoms with Crippen LogP contribution in [0.1, 0.15) is 0 Å². The molecule has 2 heterocycles. The highest BCUT2D eigenvalue weighted by atomic mass is 32.2. The number of pyridine rings is 1. The van der Waals surface area contributed by atoms with Crippen LogP contribution in [-0.2, 0) is 10.0 Å². The zero-order chi connectivity index (χ0) is 19.7. The quantitative estimate of drug-likeness (QED) is 0.552. The molecule has 0 saturated carbocycles. The van der Waals surface area contributed by atoms with Gasteiger partial charge in [-0.15, -0.1) is 0 Å². The number of aromatic amines is 1. The lowest BCUT2D eigenvalue weighted by Gasteiger charge is -2.08. The van der Waals surface area contributed by atoms with Gasteiger partial charge in [0.05, 0.1) is 10.6 Å². The van der Waals surface area contributed by atoms with Crippen LogP contribution in [0.3, 0.4) is 0 Å². The van der Waals surface area contributed by atoms with Gasteiger partial charge < -0.3 is 0 Å². The monoisotopic (exact) mass is 394 g/mol. The maximum atomic E-state index is 14.5. The number of hydrogen-bond donors (Lipinski definition) is 2. The summed E-state index contributed by atoms with van der Waals surface area (Å²) in [6, 6.07) is 16.0. The molecule has 140 valence electrons. The maximum absolute atomic E-state index is 14.5. The van der Waals surface area contributed by atoms with E-state index in [1.54, 1.807) is 24.5 Å². The lowest BCUT2D eigenvalue weighted by molar-refractivity contribution is 0.598. The third-order valence-corrected chi connectivity index (χ3v) is 5.25. The van der Waals surface area contributed by atoms with E-state index in [2.05, 4.69) is 15.2 Å². The lowest BCUT2D eigenvalue weighted by atomic mass is 9.98. The van der Waals surface area contributed by atoms with E-state index in [1.807, 2.05) is 18.2 Å². The van der Waals surface area contributed by atoms with Crippen molar-refractivity contribution < 1.29 is 12.8 Å². The molecule has 0 spiro atoms. The molecule has 0 aliphatic heterocycles. The molecule has 0 bridgehead atoms. The van der Waals surface area contributed by atoms with Crippen LogP contribution in [0.2, 0.25) is 0 Å². The van der Waals surface area contributed by atoms with Crippen molar-refractivity contribution in [3.63, 3.8) is 0 Å². The third kappa shape index (κ3) is 3.42. The number of nitrogens with one attached hydrogen (secondary N) is 1. The summed E-state index contributed by atoms with van der Waals surface area (Å²) in [5.74, 6) is -0.421. The molecule has 0 fully saturated rings. The van der Waals surface area contributed by atoms with E-state index in [1.165, 1.54) is 30.3 Å². The fourth-order valence-electron chi connectivity index (χ4n) is 2.95. The van der Waals surface area contributed by atoms with Crippen molar-refractivity contribution in [1.82, 2.24) is 15.2 Å². The summed E-state index contributed by atoms with van der Waals surface area (Å²) >= 11 is 0. The first-order valence-electron chi connectivity index (χ1n) is 8.32. The minimum absolute atomic E-state index is 0.0277. The fourth-order valence-corrected chi connectivity index (χ4v) is 3.46. The number of aromatic nitrogens is 3. The van der Waals surface area contributed by atoms with Crippen molar-refractivity contribution in [3.8, 4) is 33.6 Å². The SMILES string of the molecule is NS(=O)(=O)c1ccc(-c2cc(-c3c[nH]nc3-c3ccccn3)ccc2F)cc1. The molecule has 28 heavy (non-hydrogen) atoms. The normalized spacial score (nSPS) is 11.5. The molecule has 0 amide bonds. The van der Waals surface area contributed by atoms with Crippen LogP contribution < -0.4 is 5.14 Å². The first kappa shape index (κ1) is 18.0. The largest absolute Gasteiger partial charge is 0.284 e. The van der Waals surface area contributed by atoms with Gasteiger partial charge in [-0.3, -0.25) is 10.1 Å². The van der Waals surface area contributed by atoms with E-state index in [0.29, 0.717) is 22.5 Å². The molecule has 6 nitrogen and oxygen atoms in total. The molecule has 0 radical (unpaired) electrons. The van der Waals surface area contributed by atoms with E-state index in [0.717, 1.165) is 11.1 Å². The van der Waals surface area contributed by atoms with Gasteiger partial charge in [0.25, 0.3) is 0 Å². The molecule has 4 aromatic rings. The first-order valence-corrected chi connectivity index (χ1v) is 9.86. The van der Waals surface area contributed by atoms with Gasteiger partial charge in [-0.25, -0.2) is 17.9 Å². The van der Waals surface area contributed by atoms with Crippen molar-refractivity contribution in [2.75, 3.05) is 0 Å². The predicted molar refractivity (Wildman–Crippen MR) is 104 cm³/mol. The lowest BCUT2D eigenvalue weighted by Crippen LogP contribution is -2.11. The number of primary sulfonamides is 1. The van der Waals surface area contributed by atoms with Gasteiger partial charge in [0.2, 0.25) is 10.0 Å². The Balaban J connectivity index is 1.78. The molecule has 2 aromatic heterocycles. The minimum Gasteiger partial charge on any atom is -0.284 e. The average molecular weight is 394 g/mol. The van der Waals surface area contributed by atoms with Crippen LogP contribution in [0.25, 0.3) is 33.6 Å². The second-order valence-corrected chi connectivity index (χ2v) is 7.69. The zero-order valence-corrected chi connectivity index (χ0v) is 15.3. The second kappa shape index (κ2) is 6.99. The van der Waals surface area contributed by atoms with Crippen LogP contribution >= 0.6 is 0 Å². The number of sulfonamides is 1. The zero-order valence-electron chi connectivity index (χ0n) is 14.5. The molecule has 0 saturated heterocycles. The van der Waals surface area contributed by atoms with Gasteiger partial charge in [0.15, 0.2) is 0 Å². The summed E-state index contributed by atoms with van der Waals surface area (Å²) in [6.45, 7) is 0. The molecule has 0 aliphatic rings. The second-order valence-electron chi connectivity index (χ2n) is 6.13.